The molecule has 0 radical (unpaired) electrons. The molecule has 1 aromatic rings. The molecule has 2 fully saturated rings. The highest BCUT2D eigenvalue weighted by Crippen LogP contribution is 2.41. The molecule has 1 aromatic heterocycles. The molecule has 4 rings (SSSR count). The average Bonchev–Trinajstić information content (AvgIpc) is 3.13. The van der Waals surface area contributed by atoms with Crippen LogP contribution in [-0.2, 0) is 21.5 Å². The summed E-state index contributed by atoms with van der Waals surface area (Å²) in [5.74, 6) is -0.156. The quantitative estimate of drug-likeness (QED) is 0.782. The Morgan fingerprint density at radius 2 is 2.00 bits per heavy atom. The Kier molecular flexibility index (Phi) is 3.84. The second-order valence-corrected chi connectivity index (χ2v) is 7.62. The van der Waals surface area contributed by atoms with Gasteiger partial charge in [-0.1, -0.05) is 0 Å². The van der Waals surface area contributed by atoms with E-state index in [-0.39, 0.29) is 17.5 Å². The van der Waals surface area contributed by atoms with E-state index in [1.807, 2.05) is 0 Å². The Balaban J connectivity index is 1.54. The maximum absolute atomic E-state index is 12.4. The Bertz CT molecular complexity index is 692. The molecule has 0 aliphatic carbocycles. The smallest absolute Gasteiger partial charge is 0.325 e. The number of urea groups is 1. The zero-order chi connectivity index (χ0) is 17.7. The maximum Gasteiger partial charge on any atom is 0.325 e. The lowest BCUT2D eigenvalue weighted by atomic mass is 9.80. The normalized spacial score (nSPS) is 25.3. The largest absolute Gasteiger partial charge is 0.381 e. The number of aromatic nitrogens is 2. The summed E-state index contributed by atoms with van der Waals surface area (Å²) in [5.41, 5.74) is 1.35. The van der Waals surface area contributed by atoms with Crippen LogP contribution in [0, 0.1) is 0 Å². The van der Waals surface area contributed by atoms with Gasteiger partial charge >= 0.3 is 6.03 Å². The molecule has 0 unspecified atom stereocenters. The van der Waals surface area contributed by atoms with Crippen LogP contribution >= 0.6 is 0 Å². The van der Waals surface area contributed by atoms with Crippen molar-refractivity contribution in [3.05, 3.63) is 17.7 Å². The lowest BCUT2D eigenvalue weighted by molar-refractivity contribution is -0.130. The third-order valence-corrected chi connectivity index (χ3v) is 5.75. The molecule has 3 aliphatic rings. The lowest BCUT2D eigenvalue weighted by Gasteiger charge is -2.48. The van der Waals surface area contributed by atoms with Gasteiger partial charge in [0.25, 0.3) is 5.91 Å². The number of nitrogens with one attached hydrogen (secondary N) is 2. The number of imide groups is 1. The summed E-state index contributed by atoms with van der Waals surface area (Å²) in [6, 6.07) is -0.298. The summed E-state index contributed by atoms with van der Waals surface area (Å²) in [7, 11) is 0. The molecular weight excluding hydrogens is 322 g/mol. The molecule has 2 saturated heterocycles. The molecule has 136 valence electrons. The number of carbonyl (C=O) groups is 2. The fourth-order valence-electron chi connectivity index (χ4n) is 4.35. The fraction of sp³-hybridized carbons (Fsp3) is 0.706. The van der Waals surface area contributed by atoms with Gasteiger partial charge in [-0.15, -0.1) is 0 Å². The molecule has 0 atom stereocenters. The first-order valence-corrected chi connectivity index (χ1v) is 8.94. The van der Waals surface area contributed by atoms with Gasteiger partial charge in [0.2, 0.25) is 0 Å². The number of fused-ring (bicyclic) bond motifs is 2. The molecule has 0 saturated carbocycles. The number of nitrogens with zero attached hydrogens (tertiary/aromatic N) is 3. The molecular formula is C17H25N5O3. The van der Waals surface area contributed by atoms with E-state index in [0.717, 1.165) is 31.5 Å². The van der Waals surface area contributed by atoms with Crippen molar-refractivity contribution in [1.29, 1.82) is 0 Å². The molecule has 3 amide bonds. The number of hydrogen-bond acceptors (Lipinski definition) is 5. The van der Waals surface area contributed by atoms with Crippen molar-refractivity contribution in [2.45, 2.75) is 44.2 Å². The van der Waals surface area contributed by atoms with E-state index in [0.29, 0.717) is 26.3 Å². The number of imidazole rings is 1. The standard InChI is InChI=1S/C17H25N5O3/c1-16(2)14(23)22(15(24)20-16)8-7-21-6-3-12-13(19-11-18-12)17(21)4-9-25-10-5-17/h11H,3-10H2,1-2H3,(H,18,19)(H,20,24). The van der Waals surface area contributed by atoms with Gasteiger partial charge in [0.1, 0.15) is 5.54 Å². The molecule has 4 heterocycles. The van der Waals surface area contributed by atoms with Gasteiger partial charge in [-0.05, 0) is 26.7 Å². The SMILES string of the molecule is CC1(C)NC(=O)N(CCN2CCc3[nH]cnc3C23CCOCC3)C1=O. The van der Waals surface area contributed by atoms with Crippen molar-refractivity contribution in [2.75, 3.05) is 32.8 Å². The van der Waals surface area contributed by atoms with E-state index in [9.17, 15) is 9.59 Å². The van der Waals surface area contributed by atoms with Crippen LogP contribution in [0.5, 0.6) is 0 Å². The van der Waals surface area contributed by atoms with E-state index >= 15 is 0 Å². The van der Waals surface area contributed by atoms with Crippen molar-refractivity contribution < 1.29 is 14.3 Å². The molecule has 1 spiro atoms. The summed E-state index contributed by atoms with van der Waals surface area (Å²) >= 11 is 0. The van der Waals surface area contributed by atoms with Gasteiger partial charge < -0.3 is 15.0 Å². The summed E-state index contributed by atoms with van der Waals surface area (Å²) in [4.78, 5) is 36.2. The first kappa shape index (κ1) is 16.5. The van der Waals surface area contributed by atoms with Crippen LogP contribution in [0.2, 0.25) is 0 Å². The van der Waals surface area contributed by atoms with Gasteiger partial charge in [0, 0.05) is 45.0 Å². The third kappa shape index (κ3) is 2.55. The molecule has 0 bridgehead atoms. The number of rotatable bonds is 3. The Morgan fingerprint density at radius 1 is 1.24 bits per heavy atom. The molecule has 8 heteroatoms. The number of hydrogen-bond donors (Lipinski definition) is 2. The van der Waals surface area contributed by atoms with Crippen LogP contribution in [-0.4, -0.2) is 70.1 Å². The number of amides is 3. The average molecular weight is 347 g/mol. The fourth-order valence-corrected chi connectivity index (χ4v) is 4.35. The second kappa shape index (κ2) is 5.81. The highest BCUT2D eigenvalue weighted by Gasteiger charge is 2.47. The topological polar surface area (TPSA) is 90.6 Å². The minimum absolute atomic E-state index is 0.152. The van der Waals surface area contributed by atoms with Crippen molar-refractivity contribution in [3.8, 4) is 0 Å². The van der Waals surface area contributed by atoms with Crippen LogP contribution in [0.25, 0.3) is 0 Å². The molecule has 0 aromatic carbocycles. The van der Waals surface area contributed by atoms with Gasteiger partial charge in [0.15, 0.2) is 0 Å². The Labute approximate surface area is 146 Å². The minimum Gasteiger partial charge on any atom is -0.381 e. The third-order valence-electron chi connectivity index (χ3n) is 5.75. The second-order valence-electron chi connectivity index (χ2n) is 7.62. The molecule has 25 heavy (non-hydrogen) atoms. The van der Waals surface area contributed by atoms with Gasteiger partial charge in [-0.25, -0.2) is 9.78 Å². The highest BCUT2D eigenvalue weighted by molar-refractivity contribution is 6.06. The summed E-state index contributed by atoms with van der Waals surface area (Å²) in [6.07, 6.45) is 4.45. The van der Waals surface area contributed by atoms with E-state index in [2.05, 4.69) is 20.2 Å². The van der Waals surface area contributed by atoms with E-state index in [1.54, 1.807) is 20.2 Å². The van der Waals surface area contributed by atoms with Gasteiger partial charge in [-0.3, -0.25) is 14.6 Å². The first-order chi connectivity index (χ1) is 11.9. The number of carbonyl (C=O) groups excluding carboxylic acids is 2. The van der Waals surface area contributed by atoms with Crippen LogP contribution in [0.3, 0.4) is 0 Å². The number of H-pyrrole nitrogens is 1. The van der Waals surface area contributed by atoms with E-state index in [1.165, 1.54) is 10.6 Å². The Morgan fingerprint density at radius 3 is 2.68 bits per heavy atom. The summed E-state index contributed by atoms with van der Waals surface area (Å²) in [5, 5.41) is 2.74. The predicted octanol–water partition coefficient (Wildman–Crippen LogP) is 0.604. The molecule has 2 N–H and O–H groups in total. The minimum atomic E-state index is -0.815. The van der Waals surface area contributed by atoms with Crippen molar-refractivity contribution >= 4 is 11.9 Å². The zero-order valence-corrected chi connectivity index (χ0v) is 14.8. The van der Waals surface area contributed by atoms with Crippen LogP contribution in [0.1, 0.15) is 38.1 Å². The Hall–Kier alpha value is -1.93. The van der Waals surface area contributed by atoms with Crippen molar-refractivity contribution in [3.63, 3.8) is 0 Å². The summed E-state index contributed by atoms with van der Waals surface area (Å²) < 4.78 is 5.58. The number of ether oxygens (including phenoxy) is 1. The monoisotopic (exact) mass is 347 g/mol. The zero-order valence-electron chi connectivity index (χ0n) is 14.8. The van der Waals surface area contributed by atoms with Gasteiger partial charge in [0.05, 0.1) is 17.6 Å². The van der Waals surface area contributed by atoms with E-state index in [4.69, 9.17) is 4.74 Å². The predicted molar refractivity (Wildman–Crippen MR) is 89.9 cm³/mol. The molecule has 8 nitrogen and oxygen atoms in total. The van der Waals surface area contributed by atoms with Crippen molar-refractivity contribution in [2.24, 2.45) is 0 Å². The van der Waals surface area contributed by atoms with Gasteiger partial charge in [-0.2, -0.15) is 0 Å². The first-order valence-electron chi connectivity index (χ1n) is 8.94. The van der Waals surface area contributed by atoms with Crippen LogP contribution in [0.15, 0.2) is 6.33 Å². The van der Waals surface area contributed by atoms with Crippen LogP contribution < -0.4 is 5.32 Å². The van der Waals surface area contributed by atoms with E-state index < -0.39 is 5.54 Å². The number of aromatic amines is 1. The lowest BCUT2D eigenvalue weighted by Crippen LogP contribution is -2.55. The maximum atomic E-state index is 12.4. The highest BCUT2D eigenvalue weighted by atomic mass is 16.5. The summed E-state index contributed by atoms with van der Waals surface area (Å²) in [6.45, 7) is 6.84. The van der Waals surface area contributed by atoms with Crippen LogP contribution in [0.4, 0.5) is 4.79 Å². The molecule has 3 aliphatic heterocycles. The van der Waals surface area contributed by atoms with Crippen molar-refractivity contribution in [1.82, 2.24) is 25.1 Å².